The van der Waals surface area contributed by atoms with Gasteiger partial charge in [0.25, 0.3) is 0 Å². The Hall–Kier alpha value is -1.00. The molecule has 2 rings (SSSR count). The van der Waals surface area contributed by atoms with Crippen LogP contribution in [0.3, 0.4) is 0 Å². The van der Waals surface area contributed by atoms with Gasteiger partial charge in [0.2, 0.25) is 0 Å². The van der Waals surface area contributed by atoms with Crippen molar-refractivity contribution in [2.45, 2.75) is 44.6 Å². The molecule has 0 bridgehead atoms. The highest BCUT2D eigenvalue weighted by molar-refractivity contribution is 5.20. The van der Waals surface area contributed by atoms with Gasteiger partial charge in [-0.25, -0.2) is 8.78 Å². The molecule has 1 saturated carbocycles. The zero-order chi connectivity index (χ0) is 14.4. The molecule has 0 aliphatic heterocycles. The van der Waals surface area contributed by atoms with Gasteiger partial charge in [0.15, 0.2) is 11.6 Å². The normalized spacial score (nSPS) is 18.1. The minimum Gasteiger partial charge on any atom is -0.387 e. The van der Waals surface area contributed by atoms with E-state index in [2.05, 4.69) is 5.32 Å². The van der Waals surface area contributed by atoms with E-state index in [1.165, 1.54) is 38.2 Å². The van der Waals surface area contributed by atoms with E-state index in [1.54, 1.807) is 0 Å². The smallest absolute Gasteiger partial charge is 0.159 e. The third kappa shape index (κ3) is 4.53. The summed E-state index contributed by atoms with van der Waals surface area (Å²) in [4.78, 5) is 0. The van der Waals surface area contributed by atoms with E-state index >= 15 is 0 Å². The van der Waals surface area contributed by atoms with Gasteiger partial charge in [-0.2, -0.15) is 0 Å². The maximum Gasteiger partial charge on any atom is 0.159 e. The van der Waals surface area contributed by atoms with Crippen LogP contribution in [0.5, 0.6) is 0 Å². The summed E-state index contributed by atoms with van der Waals surface area (Å²) in [7, 11) is 0. The maximum absolute atomic E-state index is 13.1. The van der Waals surface area contributed by atoms with E-state index in [0.29, 0.717) is 12.1 Å². The molecule has 112 valence electrons. The predicted octanol–water partition coefficient (Wildman–Crippen LogP) is 3.56. The third-order valence-corrected chi connectivity index (χ3v) is 4.12. The molecule has 1 fully saturated rings. The molecule has 1 aliphatic rings. The minimum absolute atomic E-state index is 0.373. The Kier molecular flexibility index (Phi) is 5.92. The Morgan fingerprint density at radius 3 is 2.60 bits per heavy atom. The van der Waals surface area contributed by atoms with E-state index in [9.17, 15) is 13.9 Å². The van der Waals surface area contributed by atoms with Crippen molar-refractivity contribution in [3.63, 3.8) is 0 Å². The first kappa shape index (κ1) is 15.4. The zero-order valence-electron chi connectivity index (χ0n) is 11.7. The SMILES string of the molecule is OC(CNCCC1CCCCC1)c1ccc(F)c(F)c1. The van der Waals surface area contributed by atoms with Crippen LogP contribution >= 0.6 is 0 Å². The average Bonchev–Trinajstić information content (AvgIpc) is 2.47. The molecular weight excluding hydrogens is 260 g/mol. The number of benzene rings is 1. The number of aliphatic hydroxyl groups is 1. The Labute approximate surface area is 119 Å². The van der Waals surface area contributed by atoms with Crippen LogP contribution in [0.25, 0.3) is 0 Å². The van der Waals surface area contributed by atoms with E-state index in [4.69, 9.17) is 0 Å². The lowest BCUT2D eigenvalue weighted by Crippen LogP contribution is -2.24. The highest BCUT2D eigenvalue weighted by atomic mass is 19.2. The monoisotopic (exact) mass is 283 g/mol. The summed E-state index contributed by atoms with van der Waals surface area (Å²) < 4.78 is 25.9. The Balaban J connectivity index is 1.69. The van der Waals surface area contributed by atoms with Crippen LogP contribution in [-0.2, 0) is 0 Å². The molecule has 0 radical (unpaired) electrons. The van der Waals surface area contributed by atoms with Gasteiger partial charge in [-0.3, -0.25) is 0 Å². The van der Waals surface area contributed by atoms with E-state index < -0.39 is 17.7 Å². The van der Waals surface area contributed by atoms with E-state index in [0.717, 1.165) is 31.0 Å². The van der Waals surface area contributed by atoms with Crippen molar-refractivity contribution in [3.05, 3.63) is 35.4 Å². The van der Waals surface area contributed by atoms with Gasteiger partial charge in [-0.05, 0) is 36.6 Å². The lowest BCUT2D eigenvalue weighted by atomic mass is 9.87. The highest BCUT2D eigenvalue weighted by Gasteiger charge is 2.14. The summed E-state index contributed by atoms with van der Waals surface area (Å²) >= 11 is 0. The number of aliphatic hydroxyl groups excluding tert-OH is 1. The second-order valence-electron chi connectivity index (χ2n) is 5.69. The van der Waals surface area contributed by atoms with Gasteiger partial charge in [-0.1, -0.05) is 38.2 Å². The van der Waals surface area contributed by atoms with Gasteiger partial charge < -0.3 is 10.4 Å². The molecule has 1 aliphatic carbocycles. The van der Waals surface area contributed by atoms with Crippen LogP contribution in [0.15, 0.2) is 18.2 Å². The van der Waals surface area contributed by atoms with E-state index in [-0.39, 0.29) is 0 Å². The molecule has 0 heterocycles. The predicted molar refractivity (Wildman–Crippen MR) is 75.4 cm³/mol. The number of halogens is 2. The molecular formula is C16H23F2NO. The van der Waals surface area contributed by atoms with Crippen molar-refractivity contribution in [1.82, 2.24) is 5.32 Å². The van der Waals surface area contributed by atoms with Crippen molar-refractivity contribution in [3.8, 4) is 0 Å². The van der Waals surface area contributed by atoms with Crippen LogP contribution in [-0.4, -0.2) is 18.2 Å². The van der Waals surface area contributed by atoms with Gasteiger partial charge in [-0.15, -0.1) is 0 Å². The Morgan fingerprint density at radius 2 is 1.90 bits per heavy atom. The van der Waals surface area contributed by atoms with Gasteiger partial charge in [0.05, 0.1) is 6.10 Å². The quantitative estimate of drug-likeness (QED) is 0.782. The molecule has 0 amide bonds. The lowest BCUT2D eigenvalue weighted by molar-refractivity contribution is 0.172. The minimum atomic E-state index is -0.913. The average molecular weight is 283 g/mol. The zero-order valence-corrected chi connectivity index (χ0v) is 11.7. The molecule has 1 atom stereocenters. The standard InChI is InChI=1S/C16H23F2NO/c17-14-7-6-13(10-15(14)18)16(20)11-19-9-8-12-4-2-1-3-5-12/h6-7,10,12,16,19-20H,1-5,8-9,11H2. The molecule has 1 aromatic carbocycles. The molecule has 1 unspecified atom stereocenters. The molecule has 2 nitrogen and oxygen atoms in total. The third-order valence-electron chi connectivity index (χ3n) is 4.12. The molecule has 4 heteroatoms. The number of nitrogens with one attached hydrogen (secondary N) is 1. The molecule has 20 heavy (non-hydrogen) atoms. The highest BCUT2D eigenvalue weighted by Crippen LogP contribution is 2.25. The summed E-state index contributed by atoms with van der Waals surface area (Å²) in [5.41, 5.74) is 0.411. The van der Waals surface area contributed by atoms with Crippen LogP contribution in [0.4, 0.5) is 8.78 Å². The van der Waals surface area contributed by atoms with Crippen molar-refractivity contribution < 1.29 is 13.9 Å². The van der Waals surface area contributed by atoms with Crippen LogP contribution in [0, 0.1) is 17.6 Å². The summed E-state index contributed by atoms with van der Waals surface area (Å²) in [6.45, 7) is 1.24. The second-order valence-corrected chi connectivity index (χ2v) is 5.69. The fraction of sp³-hybridized carbons (Fsp3) is 0.625. The summed E-state index contributed by atoms with van der Waals surface area (Å²) in [6, 6.07) is 3.53. The number of rotatable bonds is 6. The first-order chi connectivity index (χ1) is 9.66. The first-order valence-corrected chi connectivity index (χ1v) is 7.50. The molecule has 0 saturated heterocycles. The summed E-state index contributed by atoms with van der Waals surface area (Å²) in [5.74, 6) is -0.994. The first-order valence-electron chi connectivity index (χ1n) is 7.50. The fourth-order valence-electron chi connectivity index (χ4n) is 2.86. The van der Waals surface area contributed by atoms with Crippen LogP contribution in [0.2, 0.25) is 0 Å². The van der Waals surface area contributed by atoms with Gasteiger partial charge in [0.1, 0.15) is 0 Å². The number of hydrogen-bond donors (Lipinski definition) is 2. The summed E-state index contributed by atoms with van der Waals surface area (Å²) in [5, 5.41) is 13.1. The molecule has 1 aromatic rings. The Morgan fingerprint density at radius 1 is 1.15 bits per heavy atom. The maximum atomic E-state index is 13.1. The van der Waals surface area contributed by atoms with Crippen LogP contribution in [0.1, 0.15) is 50.2 Å². The molecule has 2 N–H and O–H groups in total. The largest absolute Gasteiger partial charge is 0.387 e. The topological polar surface area (TPSA) is 32.3 Å². The van der Waals surface area contributed by atoms with Gasteiger partial charge in [0, 0.05) is 6.54 Å². The lowest BCUT2D eigenvalue weighted by Gasteiger charge is -2.21. The summed E-state index contributed by atoms with van der Waals surface area (Å²) in [6.07, 6.45) is 6.99. The second kappa shape index (κ2) is 7.70. The Bertz CT molecular complexity index is 419. The van der Waals surface area contributed by atoms with Crippen molar-refractivity contribution >= 4 is 0 Å². The van der Waals surface area contributed by atoms with Crippen molar-refractivity contribution in [1.29, 1.82) is 0 Å². The molecule has 0 aromatic heterocycles. The number of hydrogen-bond acceptors (Lipinski definition) is 2. The van der Waals surface area contributed by atoms with Crippen molar-refractivity contribution in [2.24, 2.45) is 5.92 Å². The van der Waals surface area contributed by atoms with Crippen LogP contribution < -0.4 is 5.32 Å². The van der Waals surface area contributed by atoms with Crippen molar-refractivity contribution in [2.75, 3.05) is 13.1 Å². The van der Waals surface area contributed by atoms with Gasteiger partial charge >= 0.3 is 0 Å². The fourth-order valence-corrected chi connectivity index (χ4v) is 2.86. The van der Waals surface area contributed by atoms with E-state index in [1.807, 2.05) is 0 Å². The molecule has 0 spiro atoms.